The highest BCUT2D eigenvalue weighted by molar-refractivity contribution is 9.09. The van der Waals surface area contributed by atoms with E-state index < -0.39 is 0 Å². The van der Waals surface area contributed by atoms with Crippen LogP contribution in [0.25, 0.3) is 0 Å². The standard InChI is InChI=1S/C14H27BrO2/c1-4-7-9-10-13(6-3)17-14(12-15)16-11-8-5-2/h6,13-14H,3-5,7-12H2,1-2H3. The highest BCUT2D eigenvalue weighted by Crippen LogP contribution is 2.12. The van der Waals surface area contributed by atoms with E-state index in [2.05, 4.69) is 36.4 Å². The molecule has 0 radical (unpaired) electrons. The van der Waals surface area contributed by atoms with Gasteiger partial charge in [0.25, 0.3) is 0 Å². The Morgan fingerprint density at radius 2 is 1.88 bits per heavy atom. The minimum atomic E-state index is -0.147. The number of ether oxygens (including phenoxy) is 2. The molecule has 0 aliphatic heterocycles. The molecular weight excluding hydrogens is 280 g/mol. The zero-order chi connectivity index (χ0) is 12.9. The number of unbranched alkanes of at least 4 members (excludes halogenated alkanes) is 3. The molecule has 0 aliphatic carbocycles. The molecule has 2 atom stereocenters. The third-order valence-electron chi connectivity index (χ3n) is 2.61. The largest absolute Gasteiger partial charge is 0.352 e. The fourth-order valence-electron chi connectivity index (χ4n) is 1.51. The summed E-state index contributed by atoms with van der Waals surface area (Å²) in [5, 5.41) is 0.717. The Kier molecular flexibility index (Phi) is 12.7. The van der Waals surface area contributed by atoms with Crippen molar-refractivity contribution in [3.05, 3.63) is 12.7 Å². The summed E-state index contributed by atoms with van der Waals surface area (Å²) in [5.74, 6) is 0. The zero-order valence-electron chi connectivity index (χ0n) is 11.3. The van der Waals surface area contributed by atoms with Crippen LogP contribution in [0.2, 0.25) is 0 Å². The Bertz CT molecular complexity index is 174. The van der Waals surface area contributed by atoms with E-state index in [9.17, 15) is 0 Å². The second-order valence-corrected chi connectivity index (χ2v) is 4.86. The Balaban J connectivity index is 3.81. The molecular formula is C14H27BrO2. The molecule has 3 heteroatoms. The highest BCUT2D eigenvalue weighted by atomic mass is 79.9. The van der Waals surface area contributed by atoms with Gasteiger partial charge in [-0.3, -0.25) is 0 Å². The van der Waals surface area contributed by atoms with Crippen molar-refractivity contribution >= 4 is 15.9 Å². The summed E-state index contributed by atoms with van der Waals surface area (Å²) in [4.78, 5) is 0. The first-order chi connectivity index (χ1) is 8.28. The van der Waals surface area contributed by atoms with Gasteiger partial charge in [-0.05, 0) is 12.8 Å². The van der Waals surface area contributed by atoms with Gasteiger partial charge in [-0.25, -0.2) is 0 Å². The maximum absolute atomic E-state index is 5.85. The van der Waals surface area contributed by atoms with E-state index in [1.54, 1.807) is 0 Å². The fraction of sp³-hybridized carbons (Fsp3) is 0.857. The van der Waals surface area contributed by atoms with Crippen LogP contribution in [-0.2, 0) is 9.47 Å². The Labute approximate surface area is 115 Å². The summed E-state index contributed by atoms with van der Waals surface area (Å²) in [6.07, 6.45) is 8.81. The van der Waals surface area contributed by atoms with Crippen molar-refractivity contribution in [2.45, 2.75) is 64.8 Å². The smallest absolute Gasteiger partial charge is 0.167 e. The maximum atomic E-state index is 5.85. The molecule has 0 saturated carbocycles. The van der Waals surface area contributed by atoms with Crippen LogP contribution in [0.3, 0.4) is 0 Å². The normalized spacial score (nSPS) is 14.5. The van der Waals surface area contributed by atoms with Gasteiger partial charge in [-0.2, -0.15) is 0 Å². The fourth-order valence-corrected chi connectivity index (χ4v) is 1.85. The second kappa shape index (κ2) is 12.6. The summed E-state index contributed by atoms with van der Waals surface area (Å²) in [6.45, 7) is 8.96. The van der Waals surface area contributed by atoms with Crippen LogP contribution in [0.4, 0.5) is 0 Å². The molecule has 0 spiro atoms. The van der Waals surface area contributed by atoms with Gasteiger partial charge in [0.05, 0.1) is 11.4 Å². The first kappa shape index (κ1) is 17.1. The van der Waals surface area contributed by atoms with Crippen molar-refractivity contribution in [2.24, 2.45) is 0 Å². The molecule has 0 rings (SSSR count). The minimum Gasteiger partial charge on any atom is -0.352 e. The van der Waals surface area contributed by atoms with Crippen LogP contribution < -0.4 is 0 Å². The van der Waals surface area contributed by atoms with E-state index in [0.717, 1.165) is 31.2 Å². The average Bonchev–Trinajstić information content (AvgIpc) is 2.36. The van der Waals surface area contributed by atoms with Gasteiger partial charge in [0.2, 0.25) is 0 Å². The van der Waals surface area contributed by atoms with Gasteiger partial charge in [-0.15, -0.1) is 6.58 Å². The number of hydrogen-bond donors (Lipinski definition) is 0. The SMILES string of the molecule is C=CC(CCCCC)OC(CBr)OCCCC. The van der Waals surface area contributed by atoms with Crippen molar-refractivity contribution in [3.8, 4) is 0 Å². The minimum absolute atomic E-state index is 0.116. The van der Waals surface area contributed by atoms with E-state index in [0.29, 0.717) is 0 Å². The third kappa shape index (κ3) is 9.81. The summed E-state index contributed by atoms with van der Waals surface area (Å²) in [7, 11) is 0. The lowest BCUT2D eigenvalue weighted by Gasteiger charge is -2.21. The Morgan fingerprint density at radius 3 is 2.41 bits per heavy atom. The van der Waals surface area contributed by atoms with Gasteiger partial charge in [0.15, 0.2) is 6.29 Å². The van der Waals surface area contributed by atoms with E-state index in [1.165, 1.54) is 19.3 Å². The lowest BCUT2D eigenvalue weighted by atomic mass is 10.1. The zero-order valence-corrected chi connectivity index (χ0v) is 12.9. The van der Waals surface area contributed by atoms with Crippen LogP contribution >= 0.6 is 15.9 Å². The number of alkyl halides is 1. The Hall–Kier alpha value is 0.140. The van der Waals surface area contributed by atoms with E-state index >= 15 is 0 Å². The molecule has 0 heterocycles. The Morgan fingerprint density at radius 1 is 1.18 bits per heavy atom. The van der Waals surface area contributed by atoms with Gasteiger partial charge < -0.3 is 9.47 Å². The summed E-state index contributed by atoms with van der Waals surface area (Å²) in [5.41, 5.74) is 0. The van der Waals surface area contributed by atoms with Crippen LogP contribution in [0.1, 0.15) is 52.4 Å². The number of halogens is 1. The van der Waals surface area contributed by atoms with Gasteiger partial charge in [0, 0.05) is 6.61 Å². The predicted octanol–water partition coefficient (Wildman–Crippen LogP) is 4.68. The molecule has 0 N–H and O–H groups in total. The van der Waals surface area contributed by atoms with Gasteiger partial charge >= 0.3 is 0 Å². The average molecular weight is 307 g/mol. The summed E-state index contributed by atoms with van der Waals surface area (Å²) >= 11 is 3.42. The third-order valence-corrected chi connectivity index (χ3v) is 3.14. The predicted molar refractivity (Wildman–Crippen MR) is 77.7 cm³/mol. The van der Waals surface area contributed by atoms with Crippen LogP contribution in [0.5, 0.6) is 0 Å². The van der Waals surface area contributed by atoms with Crippen molar-refractivity contribution in [1.29, 1.82) is 0 Å². The number of rotatable bonds is 12. The van der Waals surface area contributed by atoms with Gasteiger partial charge in [-0.1, -0.05) is 61.5 Å². The van der Waals surface area contributed by atoms with Crippen molar-refractivity contribution in [3.63, 3.8) is 0 Å². The van der Waals surface area contributed by atoms with Crippen LogP contribution in [0.15, 0.2) is 12.7 Å². The first-order valence-corrected chi connectivity index (χ1v) is 7.86. The second-order valence-electron chi connectivity index (χ2n) is 4.21. The molecule has 0 amide bonds. The molecule has 0 bridgehead atoms. The molecule has 0 saturated heterocycles. The van der Waals surface area contributed by atoms with Gasteiger partial charge in [0.1, 0.15) is 0 Å². The van der Waals surface area contributed by atoms with Crippen molar-refractivity contribution in [2.75, 3.05) is 11.9 Å². The molecule has 102 valence electrons. The molecule has 0 aliphatic rings. The molecule has 2 nitrogen and oxygen atoms in total. The maximum Gasteiger partial charge on any atom is 0.167 e. The van der Waals surface area contributed by atoms with Crippen LogP contribution in [0, 0.1) is 0 Å². The molecule has 0 aromatic rings. The van der Waals surface area contributed by atoms with Crippen molar-refractivity contribution in [1.82, 2.24) is 0 Å². The molecule has 0 fully saturated rings. The number of hydrogen-bond acceptors (Lipinski definition) is 2. The summed E-state index contributed by atoms with van der Waals surface area (Å²) < 4.78 is 11.5. The quantitative estimate of drug-likeness (QED) is 0.226. The van der Waals surface area contributed by atoms with E-state index in [1.807, 2.05) is 6.08 Å². The molecule has 17 heavy (non-hydrogen) atoms. The molecule has 0 aromatic carbocycles. The topological polar surface area (TPSA) is 18.5 Å². The first-order valence-electron chi connectivity index (χ1n) is 6.74. The molecule has 0 aromatic heterocycles. The lowest BCUT2D eigenvalue weighted by molar-refractivity contribution is -0.146. The van der Waals surface area contributed by atoms with Crippen LogP contribution in [-0.4, -0.2) is 24.3 Å². The highest BCUT2D eigenvalue weighted by Gasteiger charge is 2.13. The van der Waals surface area contributed by atoms with E-state index in [4.69, 9.17) is 9.47 Å². The lowest BCUT2D eigenvalue weighted by Crippen LogP contribution is -2.25. The molecule has 2 unspecified atom stereocenters. The summed E-state index contributed by atoms with van der Waals surface area (Å²) in [6, 6.07) is 0. The van der Waals surface area contributed by atoms with E-state index in [-0.39, 0.29) is 12.4 Å². The van der Waals surface area contributed by atoms with Crippen molar-refractivity contribution < 1.29 is 9.47 Å². The monoisotopic (exact) mass is 306 g/mol.